The highest BCUT2D eigenvalue weighted by molar-refractivity contribution is 5.85. The lowest BCUT2D eigenvalue weighted by molar-refractivity contribution is -0.151. The summed E-state index contributed by atoms with van der Waals surface area (Å²) in [5.74, 6) is -0.115. The van der Waals surface area contributed by atoms with Crippen LogP contribution in [0.15, 0.2) is 0 Å². The summed E-state index contributed by atoms with van der Waals surface area (Å²) in [6.45, 7) is 10.2. The van der Waals surface area contributed by atoms with Gasteiger partial charge in [0.15, 0.2) is 0 Å². The molecule has 1 heterocycles. The number of rotatable bonds is 4. The molecule has 1 saturated heterocycles. The van der Waals surface area contributed by atoms with Gasteiger partial charge < -0.3 is 10.1 Å². The summed E-state index contributed by atoms with van der Waals surface area (Å²) in [4.78, 5) is 14.0. The Bertz CT molecular complexity index is 247. The maximum absolute atomic E-state index is 11.5. The highest BCUT2D eigenvalue weighted by Crippen LogP contribution is 2.23. The average molecular weight is 265 g/mol. The number of carbonyl (C=O) groups is 1. The Morgan fingerprint density at radius 3 is 2.71 bits per heavy atom. The van der Waals surface area contributed by atoms with E-state index in [1.807, 2.05) is 13.8 Å². The van der Waals surface area contributed by atoms with Crippen molar-refractivity contribution in [3.63, 3.8) is 0 Å². The van der Waals surface area contributed by atoms with E-state index in [0.29, 0.717) is 6.04 Å². The quantitative estimate of drug-likeness (QED) is 0.777. The van der Waals surface area contributed by atoms with Crippen LogP contribution in [0.5, 0.6) is 0 Å². The second-order valence-corrected chi connectivity index (χ2v) is 5.21. The average Bonchev–Trinajstić information content (AvgIpc) is 2.27. The predicted molar refractivity (Wildman–Crippen MR) is 71.6 cm³/mol. The summed E-state index contributed by atoms with van der Waals surface area (Å²) >= 11 is 0. The maximum atomic E-state index is 11.5. The van der Waals surface area contributed by atoms with Crippen molar-refractivity contribution in [2.75, 3.05) is 33.3 Å². The molecule has 0 amide bonds. The van der Waals surface area contributed by atoms with Crippen LogP contribution >= 0.6 is 12.4 Å². The number of nitrogens with zero attached hydrogens (tertiary/aromatic N) is 1. The lowest BCUT2D eigenvalue weighted by atomic mass is 9.89. The van der Waals surface area contributed by atoms with Crippen LogP contribution in [0.3, 0.4) is 0 Å². The molecule has 1 aliphatic rings. The number of hydrogen-bond donors (Lipinski definition) is 1. The molecule has 0 spiro atoms. The van der Waals surface area contributed by atoms with Gasteiger partial charge in [-0.3, -0.25) is 9.69 Å². The third-order valence-electron chi connectivity index (χ3n) is 3.40. The zero-order valence-corrected chi connectivity index (χ0v) is 12.1. The minimum atomic E-state index is -0.376. The lowest BCUT2D eigenvalue weighted by Crippen LogP contribution is -2.50. The molecular formula is C12H25ClN2O2. The van der Waals surface area contributed by atoms with E-state index in [4.69, 9.17) is 4.74 Å². The molecule has 4 nitrogen and oxygen atoms in total. The summed E-state index contributed by atoms with van der Waals surface area (Å²) in [6, 6.07) is 0.558. The molecule has 0 aromatic rings. The van der Waals surface area contributed by atoms with Crippen molar-refractivity contribution >= 4 is 18.4 Å². The van der Waals surface area contributed by atoms with Gasteiger partial charge in [-0.1, -0.05) is 0 Å². The van der Waals surface area contributed by atoms with Crippen LogP contribution in [0.2, 0.25) is 0 Å². The molecule has 0 bridgehead atoms. The van der Waals surface area contributed by atoms with Gasteiger partial charge in [0.1, 0.15) is 0 Å². The molecule has 0 saturated carbocycles. The van der Waals surface area contributed by atoms with E-state index in [1.54, 1.807) is 0 Å². The number of halogens is 1. The smallest absolute Gasteiger partial charge is 0.311 e. The summed E-state index contributed by atoms with van der Waals surface area (Å²) in [6.07, 6.45) is 0.851. The molecule has 5 heteroatoms. The number of hydrogen-bond acceptors (Lipinski definition) is 4. The Morgan fingerprint density at radius 2 is 2.18 bits per heavy atom. The fraction of sp³-hybridized carbons (Fsp3) is 0.917. The molecular weight excluding hydrogens is 240 g/mol. The molecule has 17 heavy (non-hydrogen) atoms. The van der Waals surface area contributed by atoms with Crippen molar-refractivity contribution in [1.82, 2.24) is 10.2 Å². The third-order valence-corrected chi connectivity index (χ3v) is 3.40. The van der Waals surface area contributed by atoms with Gasteiger partial charge in [0.2, 0.25) is 0 Å². The Balaban J connectivity index is 0.00000256. The molecule has 0 aromatic carbocycles. The third kappa shape index (κ3) is 4.82. The first-order valence-corrected chi connectivity index (χ1v) is 6.00. The van der Waals surface area contributed by atoms with Gasteiger partial charge in [0, 0.05) is 25.7 Å². The predicted octanol–water partition coefficient (Wildman–Crippen LogP) is 1.29. The first-order valence-electron chi connectivity index (χ1n) is 6.00. The Labute approximate surface area is 110 Å². The van der Waals surface area contributed by atoms with E-state index in [2.05, 4.69) is 17.1 Å². The molecule has 1 atom stereocenters. The van der Waals surface area contributed by atoms with Crippen LogP contribution in [0.4, 0.5) is 0 Å². The normalized spacial score (nSPS) is 21.8. The summed E-state index contributed by atoms with van der Waals surface area (Å²) in [7, 11) is 1.46. The van der Waals surface area contributed by atoms with Crippen LogP contribution in [0.1, 0.15) is 27.2 Å². The number of carbonyl (C=O) groups excluding carboxylic acids is 1. The van der Waals surface area contributed by atoms with Gasteiger partial charge in [0.25, 0.3) is 0 Å². The minimum Gasteiger partial charge on any atom is -0.469 e. The standard InChI is InChI=1S/C12H24N2O2.ClH/c1-10-9-13-6-8-14(10)7-5-12(2,3)11(15)16-4;/h10,13H,5-9H2,1-4H3;1H/t10-;/m0./s1. The van der Waals surface area contributed by atoms with E-state index in [-0.39, 0.29) is 23.8 Å². The number of nitrogens with one attached hydrogen (secondary N) is 1. The molecule has 1 rings (SSSR count). The fourth-order valence-corrected chi connectivity index (χ4v) is 2.02. The van der Waals surface area contributed by atoms with Crippen LogP contribution < -0.4 is 5.32 Å². The summed E-state index contributed by atoms with van der Waals surface area (Å²) in [5, 5.41) is 3.36. The number of ether oxygens (including phenoxy) is 1. The van der Waals surface area contributed by atoms with Gasteiger partial charge in [-0.25, -0.2) is 0 Å². The van der Waals surface area contributed by atoms with Crippen molar-refractivity contribution < 1.29 is 9.53 Å². The molecule has 102 valence electrons. The highest BCUT2D eigenvalue weighted by atomic mass is 35.5. The number of piperazine rings is 1. The van der Waals surface area contributed by atoms with Gasteiger partial charge in [0.05, 0.1) is 12.5 Å². The Hall–Kier alpha value is -0.320. The van der Waals surface area contributed by atoms with Crippen molar-refractivity contribution in [2.24, 2.45) is 5.41 Å². The molecule has 0 radical (unpaired) electrons. The van der Waals surface area contributed by atoms with Crippen LogP contribution in [-0.2, 0) is 9.53 Å². The van der Waals surface area contributed by atoms with E-state index in [9.17, 15) is 4.79 Å². The molecule has 0 unspecified atom stereocenters. The van der Waals surface area contributed by atoms with Crippen LogP contribution in [0.25, 0.3) is 0 Å². The first-order chi connectivity index (χ1) is 7.47. The van der Waals surface area contributed by atoms with Gasteiger partial charge in [-0.05, 0) is 33.7 Å². The van der Waals surface area contributed by atoms with E-state index in [0.717, 1.165) is 32.6 Å². The molecule has 1 aliphatic heterocycles. The zero-order chi connectivity index (χ0) is 12.2. The number of methoxy groups -OCH3 is 1. The minimum absolute atomic E-state index is 0. The second kappa shape index (κ2) is 7.19. The Kier molecular flexibility index (Phi) is 7.05. The van der Waals surface area contributed by atoms with Gasteiger partial charge >= 0.3 is 5.97 Å². The topological polar surface area (TPSA) is 41.6 Å². The number of esters is 1. The first kappa shape index (κ1) is 16.7. The highest BCUT2D eigenvalue weighted by Gasteiger charge is 2.30. The summed E-state index contributed by atoms with van der Waals surface area (Å²) < 4.78 is 4.81. The van der Waals surface area contributed by atoms with Crippen LogP contribution in [0, 0.1) is 5.41 Å². The maximum Gasteiger partial charge on any atom is 0.311 e. The fourth-order valence-electron chi connectivity index (χ4n) is 2.02. The van der Waals surface area contributed by atoms with Crippen molar-refractivity contribution in [3.05, 3.63) is 0 Å². The van der Waals surface area contributed by atoms with Crippen molar-refractivity contribution in [3.8, 4) is 0 Å². The van der Waals surface area contributed by atoms with Crippen molar-refractivity contribution in [2.45, 2.75) is 33.2 Å². The largest absolute Gasteiger partial charge is 0.469 e. The van der Waals surface area contributed by atoms with Gasteiger partial charge in [-0.15, -0.1) is 12.4 Å². The molecule has 0 aromatic heterocycles. The van der Waals surface area contributed by atoms with Crippen LogP contribution in [-0.4, -0.2) is 50.2 Å². The zero-order valence-electron chi connectivity index (χ0n) is 11.3. The SMILES string of the molecule is COC(=O)C(C)(C)CCN1CCNC[C@@H]1C.Cl. The monoisotopic (exact) mass is 264 g/mol. The lowest BCUT2D eigenvalue weighted by Gasteiger charge is -2.35. The van der Waals surface area contributed by atoms with E-state index in [1.165, 1.54) is 7.11 Å². The molecule has 1 N–H and O–H groups in total. The summed E-state index contributed by atoms with van der Waals surface area (Å²) in [5.41, 5.74) is -0.376. The molecule has 0 aliphatic carbocycles. The van der Waals surface area contributed by atoms with Crippen molar-refractivity contribution in [1.29, 1.82) is 0 Å². The van der Waals surface area contributed by atoms with E-state index >= 15 is 0 Å². The van der Waals surface area contributed by atoms with E-state index < -0.39 is 0 Å². The Morgan fingerprint density at radius 1 is 1.53 bits per heavy atom. The molecule has 1 fully saturated rings. The second-order valence-electron chi connectivity index (χ2n) is 5.21. The van der Waals surface area contributed by atoms with Gasteiger partial charge in [-0.2, -0.15) is 0 Å².